The molecular weight excluding hydrogens is 396 g/mol. The quantitative estimate of drug-likeness (QED) is 0.745. The monoisotopic (exact) mass is 422 g/mol. The molecule has 2 N–H and O–H groups in total. The van der Waals surface area contributed by atoms with Gasteiger partial charge in [0.2, 0.25) is 5.91 Å². The lowest BCUT2D eigenvalue weighted by atomic mass is 9.98. The molecule has 1 saturated carbocycles. The highest BCUT2D eigenvalue weighted by Crippen LogP contribution is 2.44. The van der Waals surface area contributed by atoms with Gasteiger partial charge < -0.3 is 20.1 Å². The zero-order valence-electron chi connectivity index (χ0n) is 17.4. The van der Waals surface area contributed by atoms with Gasteiger partial charge in [0.15, 0.2) is 0 Å². The fraction of sp³-hybridized carbons (Fsp3) is 0.375. The highest BCUT2D eigenvalue weighted by Gasteiger charge is 2.36. The Balaban J connectivity index is 1.38. The minimum Gasteiger partial charge on any atom is -0.480 e. The molecule has 7 nitrogen and oxygen atoms in total. The van der Waals surface area contributed by atoms with Crippen LogP contribution in [-0.2, 0) is 14.3 Å². The number of alkyl carbamates (subject to hydrolysis) is 1. The number of carbonyl (C=O) groups is 3. The number of ether oxygens (including phenoxy) is 1. The molecule has 0 aromatic heterocycles. The molecule has 162 valence electrons. The summed E-state index contributed by atoms with van der Waals surface area (Å²) in [7, 11) is 1.47. The summed E-state index contributed by atoms with van der Waals surface area (Å²) >= 11 is 0. The van der Waals surface area contributed by atoms with E-state index in [0.29, 0.717) is 12.8 Å². The fourth-order valence-corrected chi connectivity index (χ4v) is 4.78. The number of nitrogens with one attached hydrogen (secondary N) is 1. The Morgan fingerprint density at radius 3 is 2.26 bits per heavy atom. The summed E-state index contributed by atoms with van der Waals surface area (Å²) in [4.78, 5) is 37.2. The molecule has 2 aliphatic rings. The Kier molecular flexibility index (Phi) is 5.93. The summed E-state index contributed by atoms with van der Waals surface area (Å²) in [6.07, 6.45) is 1.54. The second kappa shape index (κ2) is 8.79. The van der Waals surface area contributed by atoms with Gasteiger partial charge in [-0.3, -0.25) is 9.59 Å². The number of fused-ring (bicyclic) bond motifs is 3. The van der Waals surface area contributed by atoms with Gasteiger partial charge in [0, 0.05) is 19.0 Å². The van der Waals surface area contributed by atoms with Gasteiger partial charge in [0.25, 0.3) is 0 Å². The van der Waals surface area contributed by atoms with Gasteiger partial charge in [-0.05, 0) is 35.1 Å². The standard InChI is InChI=1S/C24H26N2O5/c1-26(13-22(27)28)23(29)19-11-6-12-21(19)25-24(30)31-14-20-17-9-4-2-7-15(17)16-8-3-5-10-18(16)20/h2-5,7-10,19-21H,6,11-14H2,1H3,(H,25,30)(H,27,28). The lowest BCUT2D eigenvalue weighted by molar-refractivity contribution is -0.145. The molecule has 7 heteroatoms. The van der Waals surface area contributed by atoms with Crippen molar-refractivity contribution in [3.05, 3.63) is 59.7 Å². The second-order valence-corrected chi connectivity index (χ2v) is 8.20. The van der Waals surface area contributed by atoms with Crippen LogP contribution in [0.4, 0.5) is 4.79 Å². The maximum atomic E-state index is 12.6. The van der Waals surface area contributed by atoms with Crippen molar-refractivity contribution in [3.63, 3.8) is 0 Å². The molecule has 2 amide bonds. The molecule has 0 saturated heterocycles. The molecule has 2 unspecified atom stereocenters. The number of hydrogen-bond donors (Lipinski definition) is 2. The molecule has 2 aromatic carbocycles. The van der Waals surface area contributed by atoms with Gasteiger partial charge in [-0.1, -0.05) is 55.0 Å². The zero-order valence-corrected chi connectivity index (χ0v) is 17.4. The Bertz CT molecular complexity index is 959. The highest BCUT2D eigenvalue weighted by molar-refractivity contribution is 5.84. The second-order valence-electron chi connectivity index (χ2n) is 8.20. The molecule has 2 atom stereocenters. The minimum absolute atomic E-state index is 0.0270. The molecular formula is C24H26N2O5. The number of likely N-dealkylation sites (N-methyl/N-ethyl adjacent to an activating group) is 1. The molecule has 0 bridgehead atoms. The van der Waals surface area contributed by atoms with Gasteiger partial charge in [0.05, 0.1) is 5.92 Å². The summed E-state index contributed by atoms with van der Waals surface area (Å²) in [5.41, 5.74) is 4.60. The number of nitrogens with zero attached hydrogens (tertiary/aromatic N) is 1. The molecule has 4 rings (SSSR count). The molecule has 2 aromatic rings. The van der Waals surface area contributed by atoms with Crippen molar-refractivity contribution >= 4 is 18.0 Å². The van der Waals surface area contributed by atoms with Crippen LogP contribution in [0.1, 0.15) is 36.3 Å². The van der Waals surface area contributed by atoms with Gasteiger partial charge in [-0.25, -0.2) is 4.79 Å². The van der Waals surface area contributed by atoms with Crippen molar-refractivity contribution in [2.45, 2.75) is 31.2 Å². The molecule has 31 heavy (non-hydrogen) atoms. The average molecular weight is 422 g/mol. The van der Waals surface area contributed by atoms with E-state index >= 15 is 0 Å². The van der Waals surface area contributed by atoms with E-state index in [1.807, 2.05) is 24.3 Å². The molecule has 1 fully saturated rings. The van der Waals surface area contributed by atoms with E-state index in [9.17, 15) is 14.4 Å². The lowest BCUT2D eigenvalue weighted by Gasteiger charge is -2.25. The van der Waals surface area contributed by atoms with Gasteiger partial charge in [-0.2, -0.15) is 0 Å². The van der Waals surface area contributed by atoms with Crippen LogP contribution in [0.2, 0.25) is 0 Å². The largest absolute Gasteiger partial charge is 0.480 e. The van der Waals surface area contributed by atoms with Crippen LogP contribution >= 0.6 is 0 Å². The van der Waals surface area contributed by atoms with Crippen LogP contribution in [0.15, 0.2) is 48.5 Å². The first-order valence-electron chi connectivity index (χ1n) is 10.5. The van der Waals surface area contributed by atoms with E-state index in [0.717, 1.165) is 28.7 Å². The van der Waals surface area contributed by atoms with Crippen molar-refractivity contribution in [1.82, 2.24) is 10.2 Å². The third-order valence-electron chi connectivity index (χ3n) is 6.23. The number of aliphatic carboxylic acids is 1. The third-order valence-corrected chi connectivity index (χ3v) is 6.23. The van der Waals surface area contributed by atoms with Crippen LogP contribution in [0.25, 0.3) is 11.1 Å². The lowest BCUT2D eigenvalue weighted by Crippen LogP contribution is -2.45. The van der Waals surface area contributed by atoms with Crippen molar-refractivity contribution in [2.75, 3.05) is 20.2 Å². The smallest absolute Gasteiger partial charge is 0.407 e. The third kappa shape index (κ3) is 4.26. The Labute approximate surface area is 181 Å². The summed E-state index contributed by atoms with van der Waals surface area (Å²) in [5.74, 6) is -1.77. The Morgan fingerprint density at radius 1 is 1.03 bits per heavy atom. The number of carboxylic acids is 1. The number of carbonyl (C=O) groups excluding carboxylic acids is 2. The fourth-order valence-electron chi connectivity index (χ4n) is 4.78. The van der Waals surface area contributed by atoms with Crippen LogP contribution in [0.5, 0.6) is 0 Å². The summed E-state index contributed by atoms with van der Waals surface area (Å²) in [6.45, 7) is -0.142. The maximum Gasteiger partial charge on any atom is 0.407 e. The normalized spacial score (nSPS) is 19.4. The molecule has 0 heterocycles. The SMILES string of the molecule is CN(CC(=O)O)C(=O)C1CCCC1NC(=O)OCC1c2ccccc2-c2ccccc21. The van der Waals surface area contributed by atoms with Gasteiger partial charge in [-0.15, -0.1) is 0 Å². The van der Waals surface area contributed by atoms with E-state index in [1.54, 1.807) is 0 Å². The molecule has 0 aliphatic heterocycles. The summed E-state index contributed by atoms with van der Waals surface area (Å²) in [6, 6.07) is 15.9. The Morgan fingerprint density at radius 2 is 1.65 bits per heavy atom. The van der Waals surface area contributed by atoms with E-state index in [1.165, 1.54) is 11.9 Å². The van der Waals surface area contributed by atoms with Crippen molar-refractivity contribution in [1.29, 1.82) is 0 Å². The van der Waals surface area contributed by atoms with Crippen LogP contribution < -0.4 is 5.32 Å². The van der Waals surface area contributed by atoms with E-state index in [2.05, 4.69) is 29.6 Å². The minimum atomic E-state index is -1.06. The average Bonchev–Trinajstić information content (AvgIpc) is 3.33. The maximum absolute atomic E-state index is 12.6. The van der Waals surface area contributed by atoms with Crippen molar-refractivity contribution in [3.8, 4) is 11.1 Å². The molecule has 0 radical (unpaired) electrons. The molecule has 2 aliphatic carbocycles. The number of benzene rings is 2. The van der Waals surface area contributed by atoms with Crippen LogP contribution in [-0.4, -0.2) is 54.2 Å². The van der Waals surface area contributed by atoms with Crippen LogP contribution in [0.3, 0.4) is 0 Å². The summed E-state index contributed by atoms with van der Waals surface area (Å²) < 4.78 is 5.59. The number of carboxylic acid groups (broad SMARTS) is 1. The highest BCUT2D eigenvalue weighted by atomic mass is 16.5. The van der Waals surface area contributed by atoms with E-state index < -0.39 is 18.0 Å². The number of hydrogen-bond acceptors (Lipinski definition) is 4. The topological polar surface area (TPSA) is 95.9 Å². The Hall–Kier alpha value is -3.35. The van der Waals surface area contributed by atoms with Crippen molar-refractivity contribution in [2.24, 2.45) is 5.92 Å². The first-order chi connectivity index (χ1) is 15.0. The predicted molar refractivity (Wildman–Crippen MR) is 115 cm³/mol. The van der Waals surface area contributed by atoms with Gasteiger partial charge in [0.1, 0.15) is 13.2 Å². The van der Waals surface area contributed by atoms with Crippen molar-refractivity contribution < 1.29 is 24.2 Å². The van der Waals surface area contributed by atoms with E-state index in [4.69, 9.17) is 9.84 Å². The number of amides is 2. The number of rotatable bonds is 6. The van der Waals surface area contributed by atoms with E-state index in [-0.39, 0.29) is 31.0 Å². The predicted octanol–water partition coefficient (Wildman–Crippen LogP) is 3.24. The molecule has 0 spiro atoms. The summed E-state index contributed by atoms with van der Waals surface area (Å²) in [5, 5.41) is 11.8. The first kappa shape index (κ1) is 20.9. The zero-order chi connectivity index (χ0) is 22.0. The van der Waals surface area contributed by atoms with Crippen LogP contribution in [0, 0.1) is 5.92 Å². The first-order valence-corrected chi connectivity index (χ1v) is 10.5. The van der Waals surface area contributed by atoms with Gasteiger partial charge >= 0.3 is 12.1 Å².